The van der Waals surface area contributed by atoms with E-state index in [1.165, 1.54) is 82.1 Å². The van der Waals surface area contributed by atoms with Gasteiger partial charge in [-0.15, -0.1) is 10.2 Å². The van der Waals surface area contributed by atoms with E-state index >= 15 is 0 Å². The summed E-state index contributed by atoms with van der Waals surface area (Å²) >= 11 is 0. The molecule has 0 aliphatic rings. The third-order valence-electron chi connectivity index (χ3n) is 15.0. The van der Waals surface area contributed by atoms with Crippen molar-refractivity contribution < 1.29 is 4.68 Å². The fourth-order valence-electron chi connectivity index (χ4n) is 11.3. The van der Waals surface area contributed by atoms with E-state index in [2.05, 4.69) is 210 Å². The average Bonchev–Trinajstić information content (AvgIpc) is 4.31. The lowest BCUT2D eigenvalue weighted by atomic mass is 10.1. The molecule has 12 aromatic rings. The molecule has 0 spiro atoms. The van der Waals surface area contributed by atoms with Crippen LogP contribution in [0.25, 0.3) is 55.0 Å². The van der Waals surface area contributed by atoms with Crippen LogP contribution in [-0.4, -0.2) is 36.4 Å². The van der Waals surface area contributed by atoms with Gasteiger partial charge in [-0.25, -0.2) is 14.7 Å². The first kappa shape index (κ1) is 49.6. The number of hydrogen-bond acceptors (Lipinski definition) is 5. The fraction of sp³-hybridized carbons (Fsp3) is 0.176. The summed E-state index contributed by atoms with van der Waals surface area (Å²) in [6, 6.07) is 77.0. The highest BCUT2D eigenvalue weighted by Gasteiger charge is 2.25. The molecule has 4 heterocycles. The third kappa shape index (κ3) is 10.0. The van der Waals surface area contributed by atoms with Crippen LogP contribution in [0.1, 0.15) is 87.0 Å². The molecule has 0 aliphatic carbocycles. The number of hydrogen-bond donors (Lipinski definition) is 1. The van der Waals surface area contributed by atoms with Crippen molar-refractivity contribution in [1.29, 1.82) is 0 Å². The molecule has 4 aromatic heterocycles. The van der Waals surface area contributed by atoms with Crippen molar-refractivity contribution in [1.82, 2.24) is 24.0 Å². The number of aromatic amines is 1. The molecule has 0 radical (unpaired) electrons. The number of para-hydroxylation sites is 6. The zero-order valence-electron chi connectivity index (χ0n) is 44.7. The molecule has 8 aromatic carbocycles. The summed E-state index contributed by atoms with van der Waals surface area (Å²) < 4.78 is 9.32. The van der Waals surface area contributed by atoms with E-state index in [0.717, 1.165) is 69.7 Å². The first-order chi connectivity index (χ1) is 38.5. The van der Waals surface area contributed by atoms with Crippen LogP contribution in [-0.2, 0) is 0 Å². The maximum Gasteiger partial charge on any atom is 0.235 e. The summed E-state index contributed by atoms with van der Waals surface area (Å²) in [6.45, 7) is 6.49. The Labute approximate surface area is 456 Å². The van der Waals surface area contributed by atoms with Crippen molar-refractivity contribution in [3.8, 4) is 11.4 Å². The summed E-state index contributed by atoms with van der Waals surface area (Å²) in [4.78, 5) is 0. The number of rotatable bonds is 20. The number of aromatic nitrogens is 6. The van der Waals surface area contributed by atoms with Crippen molar-refractivity contribution in [2.24, 2.45) is 10.2 Å². The zero-order valence-corrected chi connectivity index (χ0v) is 44.7. The Morgan fingerprint density at radius 2 is 0.987 bits per heavy atom. The van der Waals surface area contributed by atoms with E-state index in [4.69, 9.17) is 15.3 Å². The molecule has 1 unspecified atom stereocenters. The van der Waals surface area contributed by atoms with Gasteiger partial charge in [0.05, 0.1) is 57.6 Å². The quantitative estimate of drug-likeness (QED) is 0.0358. The molecule has 0 bridgehead atoms. The molecular weight excluding hydrogens is 957 g/mol. The molecule has 0 fully saturated rings. The molecule has 78 heavy (non-hydrogen) atoms. The van der Waals surface area contributed by atoms with Gasteiger partial charge in [0.15, 0.2) is 11.6 Å². The molecule has 0 amide bonds. The Balaban J connectivity index is 0.939. The normalized spacial score (nSPS) is 12.3. The molecule has 1 atom stereocenters. The number of unbranched alkanes of at least 4 members (excludes halogenated alkanes) is 6. The molecule has 0 saturated carbocycles. The first-order valence-corrected chi connectivity index (χ1v) is 27.6. The van der Waals surface area contributed by atoms with Crippen LogP contribution in [0.4, 0.5) is 23.0 Å². The van der Waals surface area contributed by atoms with Gasteiger partial charge in [-0.2, -0.15) is 10.2 Å². The van der Waals surface area contributed by atoms with Gasteiger partial charge in [-0.3, -0.25) is 0 Å². The minimum Gasteiger partial charge on any atom is -0.319 e. The van der Waals surface area contributed by atoms with Crippen LogP contribution in [0.3, 0.4) is 0 Å². The van der Waals surface area contributed by atoms with E-state index in [-0.39, 0.29) is 6.17 Å². The van der Waals surface area contributed by atoms with Gasteiger partial charge in [0, 0.05) is 52.4 Å². The maximum absolute atomic E-state index is 5.21. The van der Waals surface area contributed by atoms with E-state index in [1.54, 1.807) is 0 Å². The van der Waals surface area contributed by atoms with Crippen molar-refractivity contribution in [2.75, 3.05) is 10.0 Å². The van der Waals surface area contributed by atoms with Crippen LogP contribution >= 0.6 is 0 Å². The standard InChI is InChI=1S/C68H64N10/c1-4-5-6-7-8-9-22-39-68(73-62-37-25-23-35-58(62)60-46-52(40-42-64(60)73)48-69-77(56-31-18-12-19-32-56)66-44-50(2)75(71-66)54-27-14-10-15-28-54)74-63-38-26-24-36-59(63)61-47-53(41-43-65(61)74)49-70-78(57-33-20-13-21-34-57)67-45-51(3)76(72-67)55-29-16-11-17-30-55/h10-21,23-38,40-49,68H,4-9,22,39H2,1-3H3/p+1. The van der Waals surface area contributed by atoms with Crippen molar-refractivity contribution in [2.45, 2.75) is 78.3 Å². The minimum absolute atomic E-state index is 0.0120. The predicted molar refractivity (Wildman–Crippen MR) is 324 cm³/mol. The van der Waals surface area contributed by atoms with Gasteiger partial charge >= 0.3 is 0 Å². The third-order valence-corrected chi connectivity index (χ3v) is 15.0. The molecular formula is C68H65N10+. The molecule has 1 N–H and O–H groups in total. The van der Waals surface area contributed by atoms with E-state index in [0.29, 0.717) is 0 Å². The lowest BCUT2D eigenvalue weighted by Gasteiger charge is -2.26. The highest BCUT2D eigenvalue weighted by Crippen LogP contribution is 2.40. The van der Waals surface area contributed by atoms with Gasteiger partial charge in [-0.05, 0) is 104 Å². The van der Waals surface area contributed by atoms with Crippen LogP contribution in [0, 0.1) is 13.8 Å². The topological polar surface area (TPSA) is 78.6 Å². The fourth-order valence-corrected chi connectivity index (χ4v) is 11.3. The Kier molecular flexibility index (Phi) is 14.3. The number of anilines is 4. The SMILES string of the molecule is CCCCCCCCCC(n1c2ccccc2c2cc(C=NN(c3ccccc3)c3cc(C)n(-c4ccccc4)n3)ccc21)n1c2ccccc2c2cc(C=NN(c3ccccc3)c3cc(C)[n+](-c4ccccc4)[nH]3)ccc21. The Bertz CT molecular complexity index is 3780. The van der Waals surface area contributed by atoms with Crippen LogP contribution < -0.4 is 14.7 Å². The lowest BCUT2D eigenvalue weighted by molar-refractivity contribution is -0.660. The Morgan fingerprint density at radius 1 is 0.500 bits per heavy atom. The van der Waals surface area contributed by atoms with Gasteiger partial charge < -0.3 is 9.13 Å². The Morgan fingerprint density at radius 3 is 1.58 bits per heavy atom. The summed E-state index contributed by atoms with van der Waals surface area (Å²) in [7, 11) is 0. The van der Waals surface area contributed by atoms with Gasteiger partial charge in [0.1, 0.15) is 6.17 Å². The summed E-state index contributed by atoms with van der Waals surface area (Å²) in [6.07, 6.45) is 13.6. The molecule has 0 saturated heterocycles. The minimum atomic E-state index is -0.0120. The molecule has 12 rings (SSSR count). The largest absolute Gasteiger partial charge is 0.319 e. The number of benzene rings is 8. The smallest absolute Gasteiger partial charge is 0.235 e. The summed E-state index contributed by atoms with van der Waals surface area (Å²) in [5.74, 6) is 1.61. The van der Waals surface area contributed by atoms with Crippen molar-refractivity contribution in [3.63, 3.8) is 0 Å². The van der Waals surface area contributed by atoms with Gasteiger partial charge in [0.2, 0.25) is 11.4 Å². The Hall–Kier alpha value is -9.28. The van der Waals surface area contributed by atoms with E-state index < -0.39 is 0 Å². The van der Waals surface area contributed by atoms with E-state index in [9.17, 15) is 0 Å². The van der Waals surface area contributed by atoms with Crippen LogP contribution in [0.2, 0.25) is 0 Å². The van der Waals surface area contributed by atoms with Crippen molar-refractivity contribution in [3.05, 3.63) is 241 Å². The first-order valence-electron chi connectivity index (χ1n) is 27.6. The second kappa shape index (κ2) is 22.5. The highest BCUT2D eigenvalue weighted by atomic mass is 15.5. The number of H-pyrrole nitrogens is 1. The van der Waals surface area contributed by atoms with Crippen LogP contribution in [0.15, 0.2) is 229 Å². The molecule has 386 valence electrons. The number of fused-ring (bicyclic) bond motifs is 6. The number of aryl methyl sites for hydroxylation is 2. The molecule has 10 nitrogen and oxygen atoms in total. The second-order valence-corrected chi connectivity index (χ2v) is 20.3. The van der Waals surface area contributed by atoms with Crippen LogP contribution in [0.5, 0.6) is 0 Å². The monoisotopic (exact) mass is 1020 g/mol. The maximum atomic E-state index is 5.21. The van der Waals surface area contributed by atoms with E-state index in [1.807, 2.05) is 75.7 Å². The molecule has 10 heteroatoms. The number of nitrogens with zero attached hydrogens (tertiary/aromatic N) is 9. The summed E-state index contributed by atoms with van der Waals surface area (Å²) in [5, 5.41) is 27.8. The average molecular weight is 1020 g/mol. The number of nitrogens with one attached hydrogen (secondary N) is 1. The summed E-state index contributed by atoms with van der Waals surface area (Å²) in [5.41, 5.74) is 12.9. The van der Waals surface area contributed by atoms with Crippen molar-refractivity contribution >= 4 is 79.1 Å². The second-order valence-electron chi connectivity index (χ2n) is 20.3. The predicted octanol–water partition coefficient (Wildman–Crippen LogP) is 16.8. The molecule has 0 aliphatic heterocycles. The zero-order chi connectivity index (χ0) is 52.8. The number of hydrazone groups is 2. The van der Waals surface area contributed by atoms with Gasteiger partial charge in [-0.1, -0.05) is 171 Å². The lowest BCUT2D eigenvalue weighted by Crippen LogP contribution is -2.35. The highest BCUT2D eigenvalue weighted by molar-refractivity contribution is 6.11. The van der Waals surface area contributed by atoms with Gasteiger partial charge in [0.25, 0.3) is 0 Å².